The molecule has 1 aromatic carbocycles. The fourth-order valence-electron chi connectivity index (χ4n) is 5.22. The number of nitrogens with zero attached hydrogens (tertiary/aromatic N) is 3. The third-order valence-corrected chi connectivity index (χ3v) is 9.01. The van der Waals surface area contributed by atoms with Gasteiger partial charge >= 0.3 is 0 Å². The molecule has 1 fully saturated rings. The topological polar surface area (TPSA) is 43.9 Å². The highest BCUT2D eigenvalue weighted by Crippen LogP contribution is 2.40. The predicted octanol–water partition coefficient (Wildman–Crippen LogP) is 4.72. The van der Waals surface area contributed by atoms with Gasteiger partial charge in [-0.15, -0.1) is 22.9 Å². The van der Waals surface area contributed by atoms with Crippen molar-refractivity contribution in [2.75, 3.05) is 38.6 Å². The molecule has 2 aliphatic rings. The SMILES string of the molecule is Cc1ccccc1[C@@H]1c2ccsc2CCN1[C@@H](C)C(=O)N1CCCN(C(=O)C(C)(C)CCl)CC1. The number of benzene rings is 1. The molecule has 1 aromatic heterocycles. The van der Waals surface area contributed by atoms with Gasteiger partial charge in [0.15, 0.2) is 0 Å². The van der Waals surface area contributed by atoms with Crippen LogP contribution < -0.4 is 0 Å². The summed E-state index contributed by atoms with van der Waals surface area (Å²) >= 11 is 7.86. The second kappa shape index (κ2) is 10.4. The van der Waals surface area contributed by atoms with Gasteiger partial charge in [-0.25, -0.2) is 0 Å². The van der Waals surface area contributed by atoms with Crippen LogP contribution in [0.2, 0.25) is 0 Å². The first-order valence-corrected chi connectivity index (χ1v) is 13.7. The number of hydrogen-bond donors (Lipinski definition) is 0. The van der Waals surface area contributed by atoms with E-state index >= 15 is 0 Å². The maximum Gasteiger partial charge on any atom is 0.239 e. The molecule has 7 heteroatoms. The van der Waals surface area contributed by atoms with Gasteiger partial charge in [-0.2, -0.15) is 0 Å². The molecule has 184 valence electrons. The van der Waals surface area contributed by atoms with Crippen LogP contribution in [-0.2, 0) is 16.0 Å². The van der Waals surface area contributed by atoms with Crippen LogP contribution in [-0.4, -0.2) is 71.2 Å². The van der Waals surface area contributed by atoms with Gasteiger partial charge < -0.3 is 9.80 Å². The molecule has 2 atom stereocenters. The third kappa shape index (κ3) is 4.91. The minimum atomic E-state index is -0.583. The van der Waals surface area contributed by atoms with Crippen LogP contribution in [0.3, 0.4) is 0 Å². The van der Waals surface area contributed by atoms with Crippen molar-refractivity contribution >= 4 is 34.8 Å². The van der Waals surface area contributed by atoms with E-state index in [4.69, 9.17) is 11.6 Å². The Balaban J connectivity index is 1.53. The molecule has 34 heavy (non-hydrogen) atoms. The number of hydrogen-bond acceptors (Lipinski definition) is 4. The largest absolute Gasteiger partial charge is 0.340 e. The van der Waals surface area contributed by atoms with Gasteiger partial charge in [-0.05, 0) is 68.7 Å². The van der Waals surface area contributed by atoms with E-state index in [1.807, 2.05) is 35.0 Å². The summed E-state index contributed by atoms with van der Waals surface area (Å²) in [5.74, 6) is 0.524. The molecule has 4 rings (SSSR count). The molecule has 1 saturated heterocycles. The van der Waals surface area contributed by atoms with Gasteiger partial charge in [0.2, 0.25) is 11.8 Å². The summed E-state index contributed by atoms with van der Waals surface area (Å²) < 4.78 is 0. The maximum absolute atomic E-state index is 13.8. The molecule has 0 unspecified atom stereocenters. The lowest BCUT2D eigenvalue weighted by atomic mass is 9.89. The molecule has 3 heterocycles. The van der Waals surface area contributed by atoms with Crippen molar-refractivity contribution in [3.63, 3.8) is 0 Å². The Morgan fingerprint density at radius 1 is 1.06 bits per heavy atom. The highest BCUT2D eigenvalue weighted by atomic mass is 35.5. The molecular formula is C27H36ClN3O2S. The quantitative estimate of drug-likeness (QED) is 0.557. The first-order valence-electron chi connectivity index (χ1n) is 12.3. The van der Waals surface area contributed by atoms with Crippen LogP contribution in [0.15, 0.2) is 35.7 Å². The van der Waals surface area contributed by atoms with E-state index in [1.165, 1.54) is 21.6 Å². The Kier molecular flexibility index (Phi) is 7.70. The number of fused-ring (bicyclic) bond motifs is 1. The molecule has 0 radical (unpaired) electrons. The molecule has 0 spiro atoms. The summed E-state index contributed by atoms with van der Waals surface area (Å²) in [6.45, 7) is 11.3. The maximum atomic E-state index is 13.8. The van der Waals surface area contributed by atoms with Crippen LogP contribution in [0, 0.1) is 12.3 Å². The first kappa shape index (κ1) is 25.2. The van der Waals surface area contributed by atoms with Crippen molar-refractivity contribution in [3.05, 3.63) is 57.3 Å². The van der Waals surface area contributed by atoms with E-state index in [-0.39, 0.29) is 23.9 Å². The fourth-order valence-corrected chi connectivity index (χ4v) is 6.24. The van der Waals surface area contributed by atoms with Gasteiger partial charge in [0, 0.05) is 43.5 Å². The zero-order valence-electron chi connectivity index (χ0n) is 20.7. The summed E-state index contributed by atoms with van der Waals surface area (Å²) in [6, 6.07) is 10.6. The minimum absolute atomic E-state index is 0.0745. The predicted molar refractivity (Wildman–Crippen MR) is 139 cm³/mol. The number of carbonyl (C=O) groups is 2. The van der Waals surface area contributed by atoms with E-state index < -0.39 is 5.41 Å². The molecular weight excluding hydrogens is 466 g/mol. The highest BCUT2D eigenvalue weighted by molar-refractivity contribution is 7.10. The van der Waals surface area contributed by atoms with Gasteiger partial charge in [0.05, 0.1) is 17.5 Å². The average Bonchev–Trinajstić information content (AvgIpc) is 3.19. The molecule has 5 nitrogen and oxygen atoms in total. The Morgan fingerprint density at radius 2 is 1.76 bits per heavy atom. The smallest absolute Gasteiger partial charge is 0.239 e. The van der Waals surface area contributed by atoms with Crippen molar-refractivity contribution in [3.8, 4) is 0 Å². The van der Waals surface area contributed by atoms with Crippen molar-refractivity contribution in [2.24, 2.45) is 5.41 Å². The van der Waals surface area contributed by atoms with E-state index in [1.54, 1.807) is 0 Å². The average molecular weight is 502 g/mol. The number of aryl methyl sites for hydroxylation is 1. The zero-order chi connectivity index (χ0) is 24.5. The first-order chi connectivity index (χ1) is 16.2. The summed E-state index contributed by atoms with van der Waals surface area (Å²) in [5.41, 5.74) is 3.28. The van der Waals surface area contributed by atoms with Crippen molar-refractivity contribution < 1.29 is 9.59 Å². The Bertz CT molecular complexity index is 1040. The van der Waals surface area contributed by atoms with Crippen molar-refractivity contribution in [1.82, 2.24) is 14.7 Å². The van der Waals surface area contributed by atoms with Crippen LogP contribution in [0.5, 0.6) is 0 Å². The molecule has 0 bridgehead atoms. The van der Waals surface area contributed by atoms with Gasteiger partial charge in [-0.3, -0.25) is 14.5 Å². The van der Waals surface area contributed by atoms with E-state index in [2.05, 4.69) is 54.5 Å². The second-order valence-electron chi connectivity index (χ2n) is 10.2. The van der Waals surface area contributed by atoms with Gasteiger partial charge in [0.1, 0.15) is 0 Å². The van der Waals surface area contributed by atoms with Crippen molar-refractivity contribution in [1.29, 1.82) is 0 Å². The molecule has 0 N–H and O–H groups in total. The summed E-state index contributed by atoms with van der Waals surface area (Å²) in [5, 5.41) is 2.18. The number of alkyl halides is 1. The second-order valence-corrected chi connectivity index (χ2v) is 11.5. The lowest BCUT2D eigenvalue weighted by Gasteiger charge is -2.41. The van der Waals surface area contributed by atoms with Crippen LogP contribution in [0.25, 0.3) is 0 Å². The Labute approximate surface area is 212 Å². The summed E-state index contributed by atoms with van der Waals surface area (Å²) in [7, 11) is 0. The molecule has 2 amide bonds. The normalized spacial score (nSPS) is 20.6. The van der Waals surface area contributed by atoms with Crippen LogP contribution in [0.4, 0.5) is 0 Å². The monoisotopic (exact) mass is 501 g/mol. The molecule has 0 saturated carbocycles. The summed E-state index contributed by atoms with van der Waals surface area (Å²) in [4.78, 5) is 34.3. The highest BCUT2D eigenvalue weighted by Gasteiger charge is 2.38. The number of amides is 2. The number of carbonyl (C=O) groups excluding carboxylic acids is 2. The number of thiophene rings is 1. The fraction of sp³-hybridized carbons (Fsp3) is 0.556. The van der Waals surface area contributed by atoms with E-state index in [9.17, 15) is 9.59 Å². The third-order valence-electron chi connectivity index (χ3n) is 7.35. The Morgan fingerprint density at radius 3 is 2.50 bits per heavy atom. The Hall–Kier alpha value is -1.89. The van der Waals surface area contributed by atoms with Crippen LogP contribution in [0.1, 0.15) is 54.8 Å². The molecule has 2 aromatic rings. The lowest BCUT2D eigenvalue weighted by Crippen LogP contribution is -2.51. The molecule has 0 aliphatic carbocycles. The number of rotatable bonds is 5. The van der Waals surface area contributed by atoms with E-state index in [0.29, 0.717) is 32.1 Å². The van der Waals surface area contributed by atoms with E-state index in [0.717, 1.165) is 19.4 Å². The standard InChI is InChI=1S/C27H36ClN3O2S/c1-19-8-5-6-9-21(19)24-22-11-17-34-23(22)10-14-31(24)20(2)25(32)29-12-7-13-30(16-15-29)26(33)27(3,4)18-28/h5-6,8-9,11,17,20,24H,7,10,12-16,18H2,1-4H3/t20-,24+/m0/s1. The van der Waals surface area contributed by atoms with Gasteiger partial charge in [-0.1, -0.05) is 24.3 Å². The van der Waals surface area contributed by atoms with Crippen LogP contribution >= 0.6 is 22.9 Å². The van der Waals surface area contributed by atoms with Gasteiger partial charge in [0.25, 0.3) is 0 Å². The lowest BCUT2D eigenvalue weighted by molar-refractivity contribution is -0.140. The minimum Gasteiger partial charge on any atom is -0.340 e. The number of halogens is 1. The zero-order valence-corrected chi connectivity index (χ0v) is 22.3. The molecule has 2 aliphatic heterocycles. The van der Waals surface area contributed by atoms with Crippen molar-refractivity contribution in [2.45, 2.75) is 52.6 Å². The summed E-state index contributed by atoms with van der Waals surface area (Å²) in [6.07, 6.45) is 1.77.